The van der Waals surface area contributed by atoms with Gasteiger partial charge in [-0.2, -0.15) is 0 Å². The van der Waals surface area contributed by atoms with Crippen molar-refractivity contribution in [2.75, 3.05) is 0 Å². The van der Waals surface area contributed by atoms with Crippen molar-refractivity contribution >= 4 is 10.9 Å². The number of rotatable bonds is 5. The van der Waals surface area contributed by atoms with Crippen LogP contribution in [0.2, 0.25) is 0 Å². The van der Waals surface area contributed by atoms with Crippen LogP contribution in [0.4, 0.5) is 0 Å². The third-order valence-corrected chi connectivity index (χ3v) is 9.57. The lowest BCUT2D eigenvalue weighted by molar-refractivity contribution is 0.770. The minimum Gasteiger partial charge on any atom is -0.228 e. The van der Waals surface area contributed by atoms with Crippen LogP contribution in [0.25, 0.3) is 55.8 Å². The van der Waals surface area contributed by atoms with E-state index in [0.717, 1.165) is 39.1 Å². The molecule has 7 aromatic carbocycles. The first-order chi connectivity index (χ1) is 23.3. The molecule has 9 rings (SSSR count). The molecule has 2 heteroatoms. The minimum absolute atomic E-state index is 0.485. The van der Waals surface area contributed by atoms with E-state index in [1.165, 1.54) is 38.9 Å². The van der Waals surface area contributed by atoms with Gasteiger partial charge in [-0.3, -0.25) is 0 Å². The quantitative estimate of drug-likeness (QED) is 0.197. The normalized spacial score (nSPS) is 12.9. The monoisotopic (exact) mass is 598 g/mol. The zero-order chi connectivity index (χ0) is 31.2. The van der Waals surface area contributed by atoms with Crippen LogP contribution in [-0.2, 0) is 5.41 Å². The molecule has 2 nitrogen and oxygen atoms in total. The molecule has 0 bridgehead atoms. The summed E-state index contributed by atoms with van der Waals surface area (Å²) in [7, 11) is 0. The summed E-state index contributed by atoms with van der Waals surface area (Å²) in [5, 5.41) is 1.05. The average molecular weight is 599 g/mol. The Morgan fingerprint density at radius 3 is 1.57 bits per heavy atom. The maximum absolute atomic E-state index is 5.19. The van der Waals surface area contributed by atoms with Crippen LogP contribution in [0.15, 0.2) is 182 Å². The summed E-state index contributed by atoms with van der Waals surface area (Å²) in [6.45, 7) is 0. The van der Waals surface area contributed by atoms with Crippen molar-refractivity contribution in [3.05, 3.63) is 204 Å². The molecule has 0 aliphatic heterocycles. The first-order valence-electron chi connectivity index (χ1n) is 16.1. The van der Waals surface area contributed by atoms with Gasteiger partial charge in [-0.25, -0.2) is 9.97 Å². The van der Waals surface area contributed by atoms with Gasteiger partial charge in [-0.15, -0.1) is 0 Å². The summed E-state index contributed by atoms with van der Waals surface area (Å²) >= 11 is 0. The summed E-state index contributed by atoms with van der Waals surface area (Å²) in [5.41, 5.74) is 13.5. The van der Waals surface area contributed by atoms with Gasteiger partial charge in [0.15, 0.2) is 5.82 Å². The highest BCUT2D eigenvalue weighted by molar-refractivity contribution is 5.94. The average Bonchev–Trinajstić information content (AvgIpc) is 3.46. The Bertz CT molecular complexity index is 2370. The molecule has 0 saturated heterocycles. The molecule has 0 radical (unpaired) electrons. The van der Waals surface area contributed by atoms with Crippen molar-refractivity contribution < 1.29 is 0 Å². The van der Waals surface area contributed by atoms with E-state index in [4.69, 9.17) is 9.97 Å². The lowest BCUT2D eigenvalue weighted by Gasteiger charge is -2.35. The number of fused-ring (bicyclic) bond motifs is 4. The van der Waals surface area contributed by atoms with Crippen LogP contribution >= 0.6 is 0 Å². The zero-order valence-electron chi connectivity index (χ0n) is 25.7. The van der Waals surface area contributed by atoms with Gasteiger partial charge in [0.2, 0.25) is 0 Å². The van der Waals surface area contributed by atoms with Gasteiger partial charge in [0.25, 0.3) is 0 Å². The Morgan fingerprint density at radius 2 is 0.872 bits per heavy atom. The molecule has 0 N–H and O–H groups in total. The molecule has 0 atom stereocenters. The van der Waals surface area contributed by atoms with E-state index in [0.29, 0.717) is 0 Å². The second-order valence-corrected chi connectivity index (χ2v) is 12.1. The summed E-state index contributed by atoms with van der Waals surface area (Å²) in [6, 6.07) is 65.1. The first-order valence-corrected chi connectivity index (χ1v) is 16.1. The van der Waals surface area contributed by atoms with Gasteiger partial charge in [0.05, 0.1) is 16.6 Å². The Balaban J connectivity index is 1.28. The summed E-state index contributed by atoms with van der Waals surface area (Å²) in [6.07, 6.45) is 0. The zero-order valence-corrected chi connectivity index (χ0v) is 25.7. The maximum Gasteiger partial charge on any atom is 0.160 e. The lowest BCUT2D eigenvalue weighted by Crippen LogP contribution is -2.29. The molecule has 0 unspecified atom stereocenters. The van der Waals surface area contributed by atoms with Crippen molar-refractivity contribution in [3.63, 3.8) is 0 Å². The fraction of sp³-hybridized carbons (Fsp3) is 0.0222. The van der Waals surface area contributed by atoms with Gasteiger partial charge < -0.3 is 0 Å². The maximum atomic E-state index is 5.19. The molecular weight excluding hydrogens is 569 g/mol. The molecule has 0 amide bonds. The Kier molecular flexibility index (Phi) is 6.39. The first kappa shape index (κ1) is 27.2. The molecule has 0 spiro atoms. The number of hydrogen-bond donors (Lipinski definition) is 0. The van der Waals surface area contributed by atoms with Gasteiger partial charge in [0, 0.05) is 16.5 Å². The molecule has 0 saturated carbocycles. The standard InChI is InChI=1S/C45H30N2/c1-3-16-31(17-4-1)43-38-25-10-14-29-42(38)46-44(47-43)33-19-15-18-32(30-33)35-22-7-11-26-39(35)45(34-20-5-2-6-21-34)40-27-12-8-23-36(40)37-24-9-13-28-41(37)45/h1-30H. The highest BCUT2D eigenvalue weighted by Crippen LogP contribution is 2.57. The molecule has 220 valence electrons. The molecule has 8 aromatic rings. The van der Waals surface area contributed by atoms with Crippen LogP contribution in [0.5, 0.6) is 0 Å². The SMILES string of the molecule is c1ccc(-c2nc(-c3cccc(-c4ccccc4C4(c5ccccc5)c5ccccc5-c5ccccc54)c3)nc3ccccc23)cc1. The van der Waals surface area contributed by atoms with Crippen molar-refractivity contribution in [3.8, 4) is 44.9 Å². The Hall–Kier alpha value is -6.12. The van der Waals surface area contributed by atoms with Crippen LogP contribution in [0, 0.1) is 0 Å². The van der Waals surface area contributed by atoms with E-state index >= 15 is 0 Å². The predicted molar refractivity (Wildman–Crippen MR) is 193 cm³/mol. The molecule has 47 heavy (non-hydrogen) atoms. The van der Waals surface area contributed by atoms with E-state index in [1.54, 1.807) is 0 Å². The third kappa shape index (κ3) is 4.26. The van der Waals surface area contributed by atoms with Crippen LogP contribution < -0.4 is 0 Å². The van der Waals surface area contributed by atoms with Gasteiger partial charge >= 0.3 is 0 Å². The Morgan fingerprint density at radius 1 is 0.362 bits per heavy atom. The number of nitrogens with zero attached hydrogens (tertiary/aromatic N) is 2. The van der Waals surface area contributed by atoms with Gasteiger partial charge in [-0.1, -0.05) is 170 Å². The highest BCUT2D eigenvalue weighted by Gasteiger charge is 2.46. The van der Waals surface area contributed by atoms with E-state index in [2.05, 4.69) is 170 Å². The van der Waals surface area contributed by atoms with Crippen molar-refractivity contribution in [1.29, 1.82) is 0 Å². The van der Waals surface area contributed by atoms with Crippen LogP contribution in [0.1, 0.15) is 22.3 Å². The number of para-hydroxylation sites is 1. The summed E-state index contributed by atoms with van der Waals surface area (Å²) in [5.74, 6) is 0.719. The lowest BCUT2D eigenvalue weighted by atomic mass is 9.66. The fourth-order valence-electron chi connectivity index (χ4n) is 7.59. The van der Waals surface area contributed by atoms with E-state index in [9.17, 15) is 0 Å². The molecule has 1 aromatic heterocycles. The molecule has 1 aliphatic rings. The van der Waals surface area contributed by atoms with Gasteiger partial charge in [0.1, 0.15) is 0 Å². The predicted octanol–water partition coefficient (Wildman–Crippen LogP) is 11.0. The van der Waals surface area contributed by atoms with Crippen molar-refractivity contribution in [1.82, 2.24) is 9.97 Å². The Labute approximate surface area is 274 Å². The highest BCUT2D eigenvalue weighted by atomic mass is 14.9. The van der Waals surface area contributed by atoms with Crippen LogP contribution in [-0.4, -0.2) is 9.97 Å². The molecule has 0 fully saturated rings. The number of aromatic nitrogens is 2. The fourth-order valence-corrected chi connectivity index (χ4v) is 7.59. The second kappa shape index (κ2) is 11.0. The largest absolute Gasteiger partial charge is 0.228 e. The summed E-state index contributed by atoms with van der Waals surface area (Å²) < 4.78 is 0. The van der Waals surface area contributed by atoms with Gasteiger partial charge in [-0.05, 0) is 56.6 Å². The van der Waals surface area contributed by atoms with Crippen LogP contribution in [0.3, 0.4) is 0 Å². The topological polar surface area (TPSA) is 25.8 Å². The molecular formula is C45H30N2. The van der Waals surface area contributed by atoms with E-state index in [1.807, 2.05) is 12.1 Å². The number of hydrogen-bond acceptors (Lipinski definition) is 2. The minimum atomic E-state index is -0.485. The van der Waals surface area contributed by atoms with Crippen molar-refractivity contribution in [2.24, 2.45) is 0 Å². The van der Waals surface area contributed by atoms with Crippen molar-refractivity contribution in [2.45, 2.75) is 5.41 Å². The third-order valence-electron chi connectivity index (χ3n) is 9.57. The number of benzene rings is 7. The van der Waals surface area contributed by atoms with E-state index < -0.39 is 5.41 Å². The molecule has 1 heterocycles. The smallest absolute Gasteiger partial charge is 0.160 e. The summed E-state index contributed by atoms with van der Waals surface area (Å²) in [4.78, 5) is 10.3. The molecule has 1 aliphatic carbocycles. The second-order valence-electron chi connectivity index (χ2n) is 12.1. The van der Waals surface area contributed by atoms with E-state index in [-0.39, 0.29) is 0 Å².